The van der Waals surface area contributed by atoms with Crippen molar-refractivity contribution in [3.05, 3.63) is 89.0 Å². The molecule has 2 unspecified atom stereocenters. The largest absolute Gasteiger partial charge is 0.0697 e. The maximum atomic E-state index is 3.93. The Morgan fingerprint density at radius 1 is 0.656 bits per heavy atom. The standard InChI is InChI=1S/C30H32Br2/c1-17-13-25-21-7-3-5-9-23(21)29(31)15-27(25)19(17)11-12-20-18(2)14-26-22-8-4-6-10-24(22)30(32)16-28(20)26/h13-16,25-26H,3-12H2,1-2H3. The van der Waals surface area contributed by atoms with Crippen LogP contribution < -0.4 is 0 Å². The van der Waals surface area contributed by atoms with E-state index in [-0.39, 0.29) is 0 Å². The van der Waals surface area contributed by atoms with Crippen molar-refractivity contribution in [3.63, 3.8) is 0 Å². The van der Waals surface area contributed by atoms with Gasteiger partial charge in [0.2, 0.25) is 0 Å². The first kappa shape index (κ1) is 21.4. The van der Waals surface area contributed by atoms with E-state index in [1.165, 1.54) is 71.5 Å². The molecule has 32 heavy (non-hydrogen) atoms. The predicted molar refractivity (Wildman–Crippen MR) is 143 cm³/mol. The summed E-state index contributed by atoms with van der Waals surface area (Å²) in [4.78, 5) is 0. The zero-order valence-electron chi connectivity index (χ0n) is 19.3. The molecular formula is C30H32Br2. The highest BCUT2D eigenvalue weighted by Gasteiger charge is 2.35. The fourth-order valence-corrected chi connectivity index (χ4v) is 8.51. The van der Waals surface area contributed by atoms with E-state index in [0.717, 1.165) is 12.8 Å². The summed E-state index contributed by atoms with van der Waals surface area (Å²) in [5.74, 6) is 1.09. The first-order valence-corrected chi connectivity index (χ1v) is 14.1. The van der Waals surface area contributed by atoms with Gasteiger partial charge in [0.05, 0.1) is 0 Å². The predicted octanol–water partition coefficient (Wildman–Crippen LogP) is 9.84. The number of hydrogen-bond donors (Lipinski definition) is 0. The van der Waals surface area contributed by atoms with Crippen LogP contribution in [0.4, 0.5) is 0 Å². The summed E-state index contributed by atoms with van der Waals surface area (Å²) in [6, 6.07) is 0. The minimum atomic E-state index is 0.547. The van der Waals surface area contributed by atoms with E-state index in [1.54, 1.807) is 44.6 Å². The minimum Gasteiger partial charge on any atom is -0.0697 e. The molecule has 166 valence electrons. The molecule has 6 aliphatic rings. The van der Waals surface area contributed by atoms with Crippen molar-refractivity contribution in [2.75, 3.05) is 0 Å². The quantitative estimate of drug-likeness (QED) is 0.327. The van der Waals surface area contributed by atoms with Gasteiger partial charge >= 0.3 is 0 Å². The summed E-state index contributed by atoms with van der Waals surface area (Å²) in [5, 5.41) is 0. The monoisotopic (exact) mass is 550 g/mol. The Morgan fingerprint density at radius 3 is 1.50 bits per heavy atom. The molecule has 0 spiro atoms. The van der Waals surface area contributed by atoms with Crippen LogP contribution in [0.3, 0.4) is 0 Å². The lowest BCUT2D eigenvalue weighted by Gasteiger charge is -2.30. The molecule has 0 aliphatic heterocycles. The second-order valence-electron chi connectivity index (χ2n) is 10.4. The lowest BCUT2D eigenvalue weighted by molar-refractivity contribution is 0.635. The van der Waals surface area contributed by atoms with Crippen LogP contribution in [-0.2, 0) is 0 Å². The van der Waals surface area contributed by atoms with Gasteiger partial charge in [-0.05, 0) is 124 Å². The smallest absolute Gasteiger partial charge is 0.0243 e. The van der Waals surface area contributed by atoms with Gasteiger partial charge in [0.15, 0.2) is 0 Å². The summed E-state index contributed by atoms with van der Waals surface area (Å²) in [5.41, 5.74) is 16.0. The van der Waals surface area contributed by atoms with Gasteiger partial charge in [-0.1, -0.05) is 66.3 Å². The van der Waals surface area contributed by atoms with Crippen molar-refractivity contribution in [3.8, 4) is 0 Å². The van der Waals surface area contributed by atoms with Crippen molar-refractivity contribution in [2.24, 2.45) is 11.8 Å². The van der Waals surface area contributed by atoms with Crippen LogP contribution in [0.2, 0.25) is 0 Å². The van der Waals surface area contributed by atoms with Crippen LogP contribution in [0.1, 0.15) is 78.1 Å². The molecule has 0 aromatic carbocycles. The van der Waals surface area contributed by atoms with E-state index in [2.05, 4.69) is 70.0 Å². The SMILES string of the molecule is CC1=CC2C(=C1CCC1=C3C=C(Br)C4=C(CCCC4)C3C=C1C)C=C(Br)C1=C2CCCC1. The van der Waals surface area contributed by atoms with E-state index < -0.39 is 0 Å². The second-order valence-corrected chi connectivity index (χ2v) is 12.1. The highest BCUT2D eigenvalue weighted by atomic mass is 79.9. The van der Waals surface area contributed by atoms with Gasteiger partial charge in [0.25, 0.3) is 0 Å². The summed E-state index contributed by atoms with van der Waals surface area (Å²) in [7, 11) is 0. The summed E-state index contributed by atoms with van der Waals surface area (Å²) in [6.07, 6.45) is 22.8. The molecule has 0 amide bonds. The number of fused-ring (bicyclic) bond motifs is 4. The third-order valence-corrected chi connectivity index (χ3v) is 10.1. The zero-order chi connectivity index (χ0) is 22.0. The van der Waals surface area contributed by atoms with Crippen LogP contribution in [0.5, 0.6) is 0 Å². The molecule has 0 fully saturated rings. The molecule has 0 radical (unpaired) electrons. The number of allylic oxidation sites excluding steroid dienone is 16. The molecule has 0 aromatic rings. The van der Waals surface area contributed by atoms with Gasteiger partial charge in [-0.2, -0.15) is 0 Å². The molecule has 0 saturated heterocycles. The summed E-state index contributed by atoms with van der Waals surface area (Å²) in [6.45, 7) is 4.69. The van der Waals surface area contributed by atoms with Gasteiger partial charge in [-0.15, -0.1) is 0 Å². The summed E-state index contributed by atoms with van der Waals surface area (Å²) < 4.78 is 2.71. The van der Waals surface area contributed by atoms with Gasteiger partial charge in [-0.25, -0.2) is 0 Å². The van der Waals surface area contributed by atoms with Gasteiger partial charge in [0.1, 0.15) is 0 Å². The minimum absolute atomic E-state index is 0.547. The van der Waals surface area contributed by atoms with Crippen LogP contribution in [0.25, 0.3) is 0 Å². The molecule has 6 aliphatic carbocycles. The topological polar surface area (TPSA) is 0 Å². The van der Waals surface area contributed by atoms with Crippen molar-refractivity contribution in [1.82, 2.24) is 0 Å². The lowest BCUT2D eigenvalue weighted by atomic mass is 9.76. The third-order valence-electron chi connectivity index (χ3n) is 8.69. The molecule has 0 heterocycles. The summed E-state index contributed by atoms with van der Waals surface area (Å²) >= 11 is 7.87. The van der Waals surface area contributed by atoms with E-state index in [4.69, 9.17) is 0 Å². The van der Waals surface area contributed by atoms with Crippen molar-refractivity contribution in [2.45, 2.75) is 78.1 Å². The average molecular weight is 552 g/mol. The van der Waals surface area contributed by atoms with Gasteiger partial charge < -0.3 is 0 Å². The van der Waals surface area contributed by atoms with Crippen molar-refractivity contribution < 1.29 is 0 Å². The highest BCUT2D eigenvalue weighted by Crippen LogP contribution is 2.52. The fourth-order valence-electron chi connectivity index (χ4n) is 7.11. The maximum absolute atomic E-state index is 3.93. The Labute approximate surface area is 210 Å². The Balaban J connectivity index is 1.31. The molecule has 0 aromatic heterocycles. The van der Waals surface area contributed by atoms with Gasteiger partial charge in [0, 0.05) is 20.8 Å². The molecular weight excluding hydrogens is 520 g/mol. The van der Waals surface area contributed by atoms with E-state index in [0.29, 0.717) is 11.8 Å². The Hall–Kier alpha value is -1.12. The number of hydrogen-bond acceptors (Lipinski definition) is 0. The number of rotatable bonds is 3. The first-order valence-electron chi connectivity index (χ1n) is 12.6. The van der Waals surface area contributed by atoms with Crippen LogP contribution in [0.15, 0.2) is 89.0 Å². The molecule has 0 bridgehead atoms. The third kappa shape index (κ3) is 3.35. The number of halogens is 2. The fraction of sp³-hybridized carbons (Fsp3) is 0.467. The normalized spacial score (nSPS) is 29.4. The Morgan fingerprint density at radius 2 is 1.06 bits per heavy atom. The lowest BCUT2D eigenvalue weighted by Crippen LogP contribution is -2.14. The van der Waals surface area contributed by atoms with E-state index in [9.17, 15) is 0 Å². The zero-order valence-corrected chi connectivity index (χ0v) is 22.5. The first-order chi connectivity index (χ1) is 15.5. The molecule has 2 atom stereocenters. The molecule has 0 N–H and O–H groups in total. The Bertz CT molecular complexity index is 1060. The van der Waals surface area contributed by atoms with E-state index >= 15 is 0 Å². The average Bonchev–Trinajstić information content (AvgIpc) is 3.28. The van der Waals surface area contributed by atoms with Crippen LogP contribution in [0, 0.1) is 11.8 Å². The molecule has 0 saturated carbocycles. The maximum Gasteiger partial charge on any atom is 0.0243 e. The molecule has 6 rings (SSSR count). The second kappa shape index (κ2) is 8.27. The van der Waals surface area contributed by atoms with Crippen molar-refractivity contribution >= 4 is 31.9 Å². The van der Waals surface area contributed by atoms with E-state index in [1.807, 2.05) is 0 Å². The van der Waals surface area contributed by atoms with Crippen molar-refractivity contribution in [1.29, 1.82) is 0 Å². The van der Waals surface area contributed by atoms with Crippen LogP contribution in [-0.4, -0.2) is 0 Å². The Kier molecular flexibility index (Phi) is 5.54. The van der Waals surface area contributed by atoms with Gasteiger partial charge in [-0.3, -0.25) is 0 Å². The van der Waals surface area contributed by atoms with Crippen LogP contribution >= 0.6 is 31.9 Å². The molecule has 0 nitrogen and oxygen atoms in total. The molecule has 2 heteroatoms. The highest BCUT2D eigenvalue weighted by molar-refractivity contribution is 9.12.